The second kappa shape index (κ2) is 5.90. The molecule has 5 rings (SSSR count). The van der Waals surface area contributed by atoms with Gasteiger partial charge in [0.15, 0.2) is 0 Å². The Hall–Kier alpha value is -1.71. The van der Waals surface area contributed by atoms with Crippen LogP contribution < -0.4 is 5.32 Å². The number of rotatable bonds is 2. The van der Waals surface area contributed by atoms with Gasteiger partial charge in [-0.3, -0.25) is 0 Å². The molecule has 0 radical (unpaired) electrons. The lowest BCUT2D eigenvalue weighted by atomic mass is 9.67. The van der Waals surface area contributed by atoms with E-state index in [4.69, 9.17) is 23.2 Å². The van der Waals surface area contributed by atoms with E-state index in [1.807, 2.05) is 18.2 Å². The molecular formula is C21H19Cl2NO2. The molecule has 3 aliphatic rings. The van der Waals surface area contributed by atoms with Crippen molar-refractivity contribution >= 4 is 34.9 Å². The Balaban J connectivity index is 1.69. The lowest BCUT2D eigenvalue weighted by Gasteiger charge is -2.44. The van der Waals surface area contributed by atoms with Crippen molar-refractivity contribution in [3.63, 3.8) is 0 Å². The van der Waals surface area contributed by atoms with Crippen LogP contribution in [-0.2, 0) is 0 Å². The third-order valence-corrected chi connectivity index (χ3v) is 7.03. The Morgan fingerprint density at radius 3 is 2.54 bits per heavy atom. The summed E-state index contributed by atoms with van der Waals surface area (Å²) < 4.78 is 0. The molecule has 26 heavy (non-hydrogen) atoms. The number of halogens is 2. The Morgan fingerprint density at radius 1 is 1.08 bits per heavy atom. The summed E-state index contributed by atoms with van der Waals surface area (Å²) in [7, 11) is 0. The molecule has 0 aromatic heterocycles. The van der Waals surface area contributed by atoms with Crippen LogP contribution in [0.25, 0.3) is 0 Å². The van der Waals surface area contributed by atoms with Crippen molar-refractivity contribution in [1.82, 2.24) is 0 Å². The molecule has 1 heterocycles. The lowest BCUT2D eigenvalue weighted by molar-refractivity contribution is 0.0697. The van der Waals surface area contributed by atoms with E-state index in [0.717, 1.165) is 11.3 Å². The van der Waals surface area contributed by atoms with Crippen LogP contribution >= 0.6 is 23.2 Å². The summed E-state index contributed by atoms with van der Waals surface area (Å²) in [4.78, 5) is 11.8. The van der Waals surface area contributed by atoms with Gasteiger partial charge in [-0.2, -0.15) is 0 Å². The fourth-order valence-electron chi connectivity index (χ4n) is 5.78. The summed E-state index contributed by atoms with van der Waals surface area (Å²) in [5, 5.41) is 14.5. The van der Waals surface area contributed by atoms with Crippen LogP contribution in [0.2, 0.25) is 10.0 Å². The third kappa shape index (κ3) is 2.37. The van der Waals surface area contributed by atoms with Crippen molar-refractivity contribution in [3.05, 3.63) is 63.1 Å². The number of carboxylic acids is 1. The molecule has 2 N–H and O–H groups in total. The van der Waals surface area contributed by atoms with E-state index in [2.05, 4.69) is 11.4 Å². The molecule has 5 atom stereocenters. The largest absolute Gasteiger partial charge is 0.478 e. The van der Waals surface area contributed by atoms with E-state index >= 15 is 0 Å². The lowest BCUT2D eigenvalue weighted by Crippen LogP contribution is -2.36. The number of carboxylic acid groups (broad SMARTS) is 1. The highest BCUT2D eigenvalue weighted by atomic mass is 35.5. The summed E-state index contributed by atoms with van der Waals surface area (Å²) >= 11 is 12.5. The van der Waals surface area contributed by atoms with Crippen LogP contribution in [0.3, 0.4) is 0 Å². The van der Waals surface area contributed by atoms with E-state index < -0.39 is 5.97 Å². The van der Waals surface area contributed by atoms with Crippen molar-refractivity contribution < 1.29 is 9.90 Å². The van der Waals surface area contributed by atoms with Gasteiger partial charge in [0.2, 0.25) is 0 Å². The second-order valence-corrected chi connectivity index (χ2v) is 8.71. The van der Waals surface area contributed by atoms with Gasteiger partial charge in [-0.25, -0.2) is 4.79 Å². The quantitative estimate of drug-likeness (QED) is 0.665. The first-order valence-corrected chi connectivity index (χ1v) is 9.87. The summed E-state index contributed by atoms with van der Waals surface area (Å²) in [5.74, 6) is 1.29. The molecular weight excluding hydrogens is 369 g/mol. The zero-order valence-corrected chi connectivity index (χ0v) is 15.6. The standard InChI is InChI=1S/C21H19Cl2NO2/c22-13-7-12(8-14(23)9-13)19-18-11-5-4-10(6-11)17(18)15-2-1-3-16(21(25)26)20(15)24-19/h1-3,7-11,17-19,24H,4-6H2,(H,25,26)/t10-,11-,17-,18-,19+/m0/s1. The minimum atomic E-state index is -0.890. The van der Waals surface area contributed by atoms with E-state index in [9.17, 15) is 9.90 Å². The molecule has 0 spiro atoms. The maximum absolute atomic E-state index is 11.8. The SMILES string of the molecule is O=C(O)c1cccc2c1N[C@H](c1cc(Cl)cc(Cl)c1)[C@H]1[C@H]3CC[C@@H](C3)[C@@H]21. The first-order valence-electron chi connectivity index (χ1n) is 9.11. The van der Waals surface area contributed by atoms with E-state index in [0.29, 0.717) is 39.3 Å². The zero-order valence-electron chi connectivity index (χ0n) is 14.1. The number of benzene rings is 2. The van der Waals surface area contributed by atoms with Crippen molar-refractivity contribution in [2.24, 2.45) is 17.8 Å². The van der Waals surface area contributed by atoms with Gasteiger partial charge in [-0.15, -0.1) is 0 Å². The smallest absolute Gasteiger partial charge is 0.337 e. The van der Waals surface area contributed by atoms with Crippen LogP contribution in [0.1, 0.15) is 52.7 Å². The molecule has 2 aromatic carbocycles. The van der Waals surface area contributed by atoms with Gasteiger partial charge in [-0.1, -0.05) is 35.3 Å². The molecule has 2 fully saturated rings. The predicted octanol–water partition coefficient (Wildman–Crippen LogP) is 5.99. The fourth-order valence-corrected chi connectivity index (χ4v) is 6.32. The molecule has 5 heteroatoms. The van der Waals surface area contributed by atoms with Gasteiger partial charge in [0.1, 0.15) is 0 Å². The molecule has 2 aromatic rings. The summed E-state index contributed by atoms with van der Waals surface area (Å²) in [6, 6.07) is 11.4. The highest BCUT2D eigenvalue weighted by molar-refractivity contribution is 6.34. The van der Waals surface area contributed by atoms with Gasteiger partial charge < -0.3 is 10.4 Å². The van der Waals surface area contributed by atoms with Crippen LogP contribution in [0.15, 0.2) is 36.4 Å². The number of para-hydroxylation sites is 1. The average molecular weight is 388 g/mol. The van der Waals surface area contributed by atoms with Crippen molar-refractivity contribution in [3.8, 4) is 0 Å². The summed E-state index contributed by atoms with van der Waals surface area (Å²) in [6.07, 6.45) is 3.73. The van der Waals surface area contributed by atoms with Gasteiger partial charge >= 0.3 is 5.97 Å². The molecule has 0 amide bonds. The maximum atomic E-state index is 11.8. The van der Waals surface area contributed by atoms with Gasteiger partial charge in [0.25, 0.3) is 0 Å². The fraction of sp³-hybridized carbons (Fsp3) is 0.381. The highest BCUT2D eigenvalue weighted by Crippen LogP contribution is 2.64. The van der Waals surface area contributed by atoms with Crippen molar-refractivity contribution in [1.29, 1.82) is 0 Å². The van der Waals surface area contributed by atoms with Gasteiger partial charge in [0, 0.05) is 10.0 Å². The molecule has 0 unspecified atom stereocenters. The number of carbonyl (C=O) groups is 1. The normalized spacial score (nSPS) is 31.2. The number of hydrogen-bond donors (Lipinski definition) is 2. The zero-order chi connectivity index (χ0) is 18.0. The molecule has 0 saturated heterocycles. The summed E-state index contributed by atoms with van der Waals surface area (Å²) in [5.41, 5.74) is 3.35. The monoisotopic (exact) mass is 387 g/mol. The van der Waals surface area contributed by atoms with Crippen molar-refractivity contribution in [2.45, 2.75) is 31.2 Å². The highest BCUT2D eigenvalue weighted by Gasteiger charge is 2.54. The van der Waals surface area contributed by atoms with Gasteiger partial charge in [-0.05, 0) is 78.3 Å². The molecule has 3 nitrogen and oxygen atoms in total. The minimum Gasteiger partial charge on any atom is -0.478 e. The third-order valence-electron chi connectivity index (χ3n) is 6.60. The van der Waals surface area contributed by atoms with E-state index in [-0.39, 0.29) is 6.04 Å². The Labute approximate surface area is 162 Å². The molecule has 1 aliphatic heterocycles. The topological polar surface area (TPSA) is 49.3 Å². The number of hydrogen-bond acceptors (Lipinski definition) is 2. The van der Waals surface area contributed by atoms with Crippen molar-refractivity contribution in [2.75, 3.05) is 5.32 Å². The van der Waals surface area contributed by atoms with Crippen LogP contribution in [-0.4, -0.2) is 11.1 Å². The van der Waals surface area contributed by atoms with Crippen LogP contribution in [0.4, 0.5) is 5.69 Å². The second-order valence-electron chi connectivity index (χ2n) is 7.84. The molecule has 2 aliphatic carbocycles. The summed E-state index contributed by atoms with van der Waals surface area (Å²) in [6.45, 7) is 0. The molecule has 2 saturated carbocycles. The van der Waals surface area contributed by atoms with E-state index in [1.165, 1.54) is 24.8 Å². The predicted molar refractivity (Wildman–Crippen MR) is 103 cm³/mol. The average Bonchev–Trinajstić information content (AvgIpc) is 3.21. The van der Waals surface area contributed by atoms with Crippen LogP contribution in [0.5, 0.6) is 0 Å². The maximum Gasteiger partial charge on any atom is 0.337 e. The Morgan fingerprint density at radius 2 is 1.81 bits per heavy atom. The first-order chi connectivity index (χ1) is 12.5. The van der Waals surface area contributed by atoms with E-state index in [1.54, 1.807) is 12.1 Å². The first kappa shape index (κ1) is 16.5. The van der Waals surface area contributed by atoms with Gasteiger partial charge in [0.05, 0.1) is 17.3 Å². The molecule has 2 bridgehead atoms. The number of fused-ring (bicyclic) bond motifs is 7. The Bertz CT molecular complexity index is 893. The number of nitrogens with one attached hydrogen (secondary N) is 1. The molecule has 134 valence electrons. The van der Waals surface area contributed by atoms with Crippen LogP contribution in [0, 0.1) is 17.8 Å². The Kier molecular flexibility index (Phi) is 3.74. The number of anilines is 1. The minimum absolute atomic E-state index is 0.0412. The number of aromatic carboxylic acids is 1.